The van der Waals surface area contributed by atoms with Crippen molar-refractivity contribution in [1.29, 1.82) is 0 Å². The van der Waals surface area contributed by atoms with Crippen LogP contribution in [0.2, 0.25) is 0 Å². The van der Waals surface area contributed by atoms with Gasteiger partial charge in [-0.3, -0.25) is 0 Å². The van der Waals surface area contributed by atoms with Crippen molar-refractivity contribution >= 4 is 0 Å². The summed E-state index contributed by atoms with van der Waals surface area (Å²) >= 11 is 0. The maximum absolute atomic E-state index is 6.84. The molecular formula is C49H99NO2. The summed E-state index contributed by atoms with van der Waals surface area (Å²) in [6.45, 7) is 18.1. The van der Waals surface area contributed by atoms with E-state index in [4.69, 9.17) is 9.47 Å². The molecule has 0 spiro atoms. The third-order valence-electron chi connectivity index (χ3n) is 12.8. The van der Waals surface area contributed by atoms with Crippen molar-refractivity contribution in [3.8, 4) is 0 Å². The fourth-order valence-corrected chi connectivity index (χ4v) is 9.03. The number of nitrogens with zero attached hydrogens (tertiary/aromatic N) is 1. The molecule has 1 aliphatic heterocycles. The van der Waals surface area contributed by atoms with Gasteiger partial charge >= 0.3 is 0 Å². The number of ether oxygens (including phenoxy) is 2. The normalized spacial score (nSPS) is 16.0. The lowest BCUT2D eigenvalue weighted by atomic mass is 9.90. The van der Waals surface area contributed by atoms with Crippen LogP contribution in [-0.2, 0) is 9.47 Å². The van der Waals surface area contributed by atoms with Gasteiger partial charge in [0.25, 0.3) is 0 Å². The average Bonchev–Trinajstić information content (AvgIpc) is 3.56. The SMILES string of the molecule is CCCCCC(CCCCC)CCCCCCCCCC1(CCCCCCCCCC(CCCCC)CCCCC)OCC(CCN(CC)CC)O1. The molecule has 52 heavy (non-hydrogen) atoms. The van der Waals surface area contributed by atoms with Crippen molar-refractivity contribution in [2.45, 2.75) is 278 Å². The van der Waals surface area contributed by atoms with Crippen LogP contribution >= 0.6 is 0 Å². The van der Waals surface area contributed by atoms with Crippen molar-refractivity contribution in [3.05, 3.63) is 0 Å². The first kappa shape index (κ1) is 49.9. The maximum Gasteiger partial charge on any atom is 0.168 e. The molecule has 0 saturated carbocycles. The van der Waals surface area contributed by atoms with Crippen molar-refractivity contribution in [1.82, 2.24) is 4.90 Å². The molecule has 0 aliphatic carbocycles. The van der Waals surface area contributed by atoms with Crippen LogP contribution < -0.4 is 0 Å². The van der Waals surface area contributed by atoms with Crippen LogP contribution in [0.15, 0.2) is 0 Å². The molecule has 3 nitrogen and oxygen atoms in total. The second-order valence-corrected chi connectivity index (χ2v) is 17.5. The van der Waals surface area contributed by atoms with Crippen molar-refractivity contribution < 1.29 is 9.47 Å². The Labute approximate surface area is 329 Å². The second-order valence-electron chi connectivity index (χ2n) is 17.5. The summed E-state index contributed by atoms with van der Waals surface area (Å²) in [5.74, 6) is 1.70. The van der Waals surface area contributed by atoms with Gasteiger partial charge in [-0.15, -0.1) is 0 Å². The van der Waals surface area contributed by atoms with Gasteiger partial charge in [-0.1, -0.05) is 234 Å². The monoisotopic (exact) mass is 734 g/mol. The summed E-state index contributed by atoms with van der Waals surface area (Å²) < 4.78 is 13.5. The topological polar surface area (TPSA) is 21.7 Å². The Morgan fingerprint density at radius 1 is 0.442 bits per heavy atom. The van der Waals surface area contributed by atoms with E-state index in [-0.39, 0.29) is 11.9 Å². The molecule has 0 aromatic carbocycles. The molecule has 1 atom stereocenters. The van der Waals surface area contributed by atoms with Crippen LogP contribution in [0.5, 0.6) is 0 Å². The van der Waals surface area contributed by atoms with Gasteiger partial charge in [-0.2, -0.15) is 0 Å². The van der Waals surface area contributed by atoms with E-state index in [0.29, 0.717) is 0 Å². The van der Waals surface area contributed by atoms with Crippen molar-refractivity contribution in [2.75, 3.05) is 26.2 Å². The molecule has 3 heteroatoms. The lowest BCUT2D eigenvalue weighted by Crippen LogP contribution is -2.32. The van der Waals surface area contributed by atoms with E-state index >= 15 is 0 Å². The molecule has 312 valence electrons. The Morgan fingerprint density at radius 3 is 1.12 bits per heavy atom. The third kappa shape index (κ3) is 27.5. The minimum atomic E-state index is -0.303. The summed E-state index contributed by atoms with van der Waals surface area (Å²) in [7, 11) is 0. The molecule has 0 amide bonds. The smallest absolute Gasteiger partial charge is 0.168 e. The summed E-state index contributed by atoms with van der Waals surface area (Å²) in [6.07, 6.45) is 48.9. The standard InChI is InChI=1S/C49H99NO2/c1-7-13-27-35-46(36-28-14-8-2)39-31-23-19-17-21-25-33-42-49(51-45-48(52-49)41-44-50(11-5)12-6)43-34-26-22-18-20-24-32-40-47(37-29-15-9-3)38-30-16-10-4/h46-48H,7-45H2,1-6H3. The van der Waals surface area contributed by atoms with Crippen LogP contribution in [0, 0.1) is 11.8 Å². The molecule has 0 aromatic heterocycles. The predicted molar refractivity (Wildman–Crippen MR) is 233 cm³/mol. The molecule has 1 unspecified atom stereocenters. The minimum absolute atomic E-state index is 0.279. The van der Waals surface area contributed by atoms with E-state index < -0.39 is 0 Å². The zero-order valence-electron chi connectivity index (χ0n) is 37.1. The molecule has 0 aromatic rings. The average molecular weight is 734 g/mol. The summed E-state index contributed by atoms with van der Waals surface area (Å²) in [5.41, 5.74) is 0. The highest BCUT2D eigenvalue weighted by molar-refractivity contribution is 4.80. The zero-order valence-corrected chi connectivity index (χ0v) is 37.1. The van der Waals surface area contributed by atoms with Crippen LogP contribution in [0.3, 0.4) is 0 Å². The largest absolute Gasteiger partial charge is 0.347 e. The van der Waals surface area contributed by atoms with E-state index in [0.717, 1.165) is 57.3 Å². The highest BCUT2D eigenvalue weighted by Gasteiger charge is 2.40. The van der Waals surface area contributed by atoms with Crippen LogP contribution in [-0.4, -0.2) is 43.0 Å². The highest BCUT2D eigenvalue weighted by atomic mass is 16.7. The summed E-state index contributed by atoms with van der Waals surface area (Å²) in [4.78, 5) is 2.53. The van der Waals surface area contributed by atoms with E-state index in [9.17, 15) is 0 Å². The lowest BCUT2D eigenvalue weighted by molar-refractivity contribution is -0.180. The molecule has 0 radical (unpaired) electrons. The summed E-state index contributed by atoms with van der Waals surface area (Å²) in [6, 6.07) is 0. The van der Waals surface area contributed by atoms with Gasteiger partial charge in [-0.25, -0.2) is 0 Å². The molecule has 1 rings (SSSR count). The van der Waals surface area contributed by atoms with E-state index in [2.05, 4.69) is 46.4 Å². The van der Waals surface area contributed by atoms with Crippen molar-refractivity contribution in [2.24, 2.45) is 11.8 Å². The zero-order chi connectivity index (χ0) is 37.8. The predicted octanol–water partition coefficient (Wildman–Crippen LogP) is 16.4. The van der Waals surface area contributed by atoms with Crippen LogP contribution in [0.1, 0.15) is 266 Å². The van der Waals surface area contributed by atoms with E-state index in [1.807, 2.05) is 0 Å². The Hall–Kier alpha value is -0.120. The van der Waals surface area contributed by atoms with E-state index in [1.165, 1.54) is 205 Å². The fourth-order valence-electron chi connectivity index (χ4n) is 9.03. The van der Waals surface area contributed by atoms with Gasteiger partial charge in [0.15, 0.2) is 5.79 Å². The first-order valence-corrected chi connectivity index (χ1v) is 24.6. The summed E-state index contributed by atoms with van der Waals surface area (Å²) in [5, 5.41) is 0. The molecule has 1 fully saturated rings. The quantitative estimate of drug-likeness (QED) is 0.0584. The Balaban J connectivity index is 2.36. The van der Waals surface area contributed by atoms with Crippen LogP contribution in [0.25, 0.3) is 0 Å². The minimum Gasteiger partial charge on any atom is -0.347 e. The number of hydrogen-bond donors (Lipinski definition) is 0. The molecule has 1 saturated heterocycles. The Kier molecular flexibility index (Phi) is 35.0. The third-order valence-corrected chi connectivity index (χ3v) is 12.8. The van der Waals surface area contributed by atoms with Gasteiger partial charge < -0.3 is 14.4 Å². The van der Waals surface area contributed by atoms with Gasteiger partial charge in [0.05, 0.1) is 12.7 Å². The van der Waals surface area contributed by atoms with E-state index in [1.54, 1.807) is 0 Å². The molecule has 0 N–H and O–H groups in total. The van der Waals surface area contributed by atoms with Gasteiger partial charge in [0, 0.05) is 19.4 Å². The molecule has 1 heterocycles. The van der Waals surface area contributed by atoms with Crippen LogP contribution in [0.4, 0.5) is 0 Å². The first-order valence-electron chi connectivity index (χ1n) is 24.6. The first-order chi connectivity index (χ1) is 25.6. The van der Waals surface area contributed by atoms with Crippen molar-refractivity contribution in [3.63, 3.8) is 0 Å². The highest BCUT2D eigenvalue weighted by Crippen LogP contribution is 2.36. The number of unbranched alkanes of at least 4 members (excludes halogenated alkanes) is 20. The van der Waals surface area contributed by atoms with Gasteiger partial charge in [0.1, 0.15) is 0 Å². The second kappa shape index (κ2) is 36.5. The maximum atomic E-state index is 6.84. The fraction of sp³-hybridized carbons (Fsp3) is 1.00. The Morgan fingerprint density at radius 2 is 0.769 bits per heavy atom. The number of hydrogen-bond acceptors (Lipinski definition) is 3. The Bertz CT molecular complexity index is 645. The number of rotatable bonds is 41. The van der Waals surface area contributed by atoms with Gasteiger partial charge in [0.2, 0.25) is 0 Å². The molecule has 0 bridgehead atoms. The molecular weight excluding hydrogens is 635 g/mol. The lowest BCUT2D eigenvalue weighted by Gasteiger charge is -2.29. The van der Waals surface area contributed by atoms with Gasteiger partial charge in [-0.05, 0) is 44.2 Å². The molecule has 1 aliphatic rings.